The van der Waals surface area contributed by atoms with Gasteiger partial charge in [0.25, 0.3) is 0 Å². The van der Waals surface area contributed by atoms with Gasteiger partial charge in [-0.1, -0.05) is 237 Å². The minimum absolute atomic E-state index is 0.0388. The van der Waals surface area contributed by atoms with Gasteiger partial charge in [-0.3, -0.25) is 18.6 Å². The molecule has 0 aromatic carbocycles. The van der Waals surface area contributed by atoms with E-state index in [0.29, 0.717) is 17.4 Å². The number of phosphoric acid groups is 1. The number of likely N-dealkylation sites (N-methyl/N-ethyl adjacent to an activating group) is 1. The molecule has 0 aliphatic rings. The molecule has 392 valence electrons. The molecule has 2 N–H and O–H groups in total. The number of unbranched alkanes of at least 4 members (excludes halogenated alkanes) is 30. The van der Waals surface area contributed by atoms with E-state index >= 15 is 0 Å². The first-order chi connectivity index (χ1) is 32.4. The van der Waals surface area contributed by atoms with Crippen LogP contribution >= 0.6 is 7.82 Å². The zero-order chi connectivity index (χ0) is 49.4. The lowest BCUT2D eigenvalue weighted by Gasteiger charge is -2.27. The minimum atomic E-state index is -4.44. The molecule has 0 saturated carbocycles. The van der Waals surface area contributed by atoms with Gasteiger partial charge >= 0.3 is 13.8 Å². The zero-order valence-corrected chi connectivity index (χ0v) is 45.5. The Morgan fingerprint density at radius 2 is 0.955 bits per heavy atom. The van der Waals surface area contributed by atoms with Crippen LogP contribution in [0.25, 0.3) is 0 Å². The van der Waals surface area contributed by atoms with E-state index < -0.39 is 20.0 Å². The monoisotopic (exact) mass is 964 g/mol. The van der Waals surface area contributed by atoms with Gasteiger partial charge in [-0.2, -0.15) is 0 Å². The van der Waals surface area contributed by atoms with Crippen molar-refractivity contribution >= 4 is 19.7 Å². The fourth-order valence-electron chi connectivity index (χ4n) is 8.00. The summed E-state index contributed by atoms with van der Waals surface area (Å²) in [7, 11) is 1.49. The number of ether oxygens (including phenoxy) is 1. The highest BCUT2D eigenvalue weighted by atomic mass is 31.2. The van der Waals surface area contributed by atoms with Crippen LogP contribution in [0, 0.1) is 0 Å². The summed E-state index contributed by atoms with van der Waals surface area (Å²) in [4.78, 5) is 37.5. The molecule has 0 aliphatic carbocycles. The van der Waals surface area contributed by atoms with Crippen molar-refractivity contribution in [3.8, 4) is 0 Å². The standard InChI is InChI=1S/C57H107N2O7P/c1-7-10-13-16-19-22-25-27-29-31-34-37-40-43-46-49-56(60)58-54(53-65-67(62,63)64-52-51-59(4,5)6)55(48-45-42-39-36-33-24-21-18-15-12-9-3)66-57(61)50-47-44-41-38-35-32-30-28-26-23-20-17-14-11-8-2/h11,14,17,20,23,26,45,48,54-55H,7-10,12-13,15-16,18-19,21-22,24-25,27-44,46-47,49-53H2,1-6H3,(H-,58,60,62,63)/p+1/b14-11+,20-17+,26-23+,48-45+. The van der Waals surface area contributed by atoms with Crippen molar-refractivity contribution < 1.29 is 37.3 Å². The fraction of sp³-hybridized carbons (Fsp3) is 0.825. The van der Waals surface area contributed by atoms with Gasteiger partial charge in [-0.05, 0) is 51.0 Å². The quantitative estimate of drug-likeness (QED) is 0.0156. The highest BCUT2D eigenvalue weighted by molar-refractivity contribution is 7.47. The van der Waals surface area contributed by atoms with E-state index in [1.807, 2.05) is 33.3 Å². The van der Waals surface area contributed by atoms with Crippen LogP contribution < -0.4 is 5.32 Å². The van der Waals surface area contributed by atoms with Crippen LogP contribution in [-0.2, 0) is 27.9 Å². The van der Waals surface area contributed by atoms with Crippen LogP contribution in [0.3, 0.4) is 0 Å². The van der Waals surface area contributed by atoms with E-state index in [0.717, 1.165) is 77.0 Å². The second-order valence-corrected chi connectivity index (χ2v) is 21.6. The highest BCUT2D eigenvalue weighted by Crippen LogP contribution is 2.43. The van der Waals surface area contributed by atoms with Gasteiger partial charge in [0.15, 0.2) is 0 Å². The second-order valence-electron chi connectivity index (χ2n) is 20.1. The lowest BCUT2D eigenvalue weighted by Crippen LogP contribution is -2.47. The predicted octanol–water partition coefficient (Wildman–Crippen LogP) is 16.6. The van der Waals surface area contributed by atoms with Crippen LogP contribution in [0.1, 0.15) is 252 Å². The van der Waals surface area contributed by atoms with Gasteiger partial charge in [-0.25, -0.2) is 4.57 Å². The van der Waals surface area contributed by atoms with E-state index in [2.05, 4.69) is 62.5 Å². The average Bonchev–Trinajstić information content (AvgIpc) is 3.28. The first kappa shape index (κ1) is 65.0. The van der Waals surface area contributed by atoms with Crippen molar-refractivity contribution in [3.63, 3.8) is 0 Å². The molecule has 0 heterocycles. The molecule has 0 bridgehead atoms. The smallest absolute Gasteiger partial charge is 0.456 e. The normalized spacial score (nSPS) is 14.2. The third-order valence-corrected chi connectivity index (χ3v) is 13.3. The third-order valence-electron chi connectivity index (χ3n) is 12.3. The number of hydrogen-bond acceptors (Lipinski definition) is 6. The van der Waals surface area contributed by atoms with Crippen molar-refractivity contribution in [2.45, 2.75) is 264 Å². The Morgan fingerprint density at radius 1 is 0.537 bits per heavy atom. The molecule has 0 saturated heterocycles. The number of carbonyl (C=O) groups excluding carboxylic acids is 2. The van der Waals surface area contributed by atoms with E-state index in [1.54, 1.807) is 0 Å². The summed E-state index contributed by atoms with van der Waals surface area (Å²) in [6, 6.07) is -0.849. The average molecular weight is 964 g/mol. The molecule has 0 aromatic heterocycles. The summed E-state index contributed by atoms with van der Waals surface area (Å²) in [5.41, 5.74) is 0. The third kappa shape index (κ3) is 48.8. The Morgan fingerprint density at radius 3 is 1.42 bits per heavy atom. The summed E-state index contributed by atoms with van der Waals surface area (Å²) in [5.74, 6) is -0.514. The summed E-state index contributed by atoms with van der Waals surface area (Å²) in [5, 5.41) is 3.04. The fourth-order valence-corrected chi connectivity index (χ4v) is 8.73. The van der Waals surface area contributed by atoms with Crippen LogP contribution in [0.4, 0.5) is 0 Å². The van der Waals surface area contributed by atoms with E-state index in [4.69, 9.17) is 13.8 Å². The van der Waals surface area contributed by atoms with Gasteiger partial charge < -0.3 is 19.4 Å². The summed E-state index contributed by atoms with van der Waals surface area (Å²) >= 11 is 0. The molecular weight excluding hydrogens is 856 g/mol. The second kappa shape index (κ2) is 47.6. The first-order valence-corrected chi connectivity index (χ1v) is 29.5. The topological polar surface area (TPSA) is 111 Å². The van der Waals surface area contributed by atoms with Crippen molar-refractivity contribution in [2.75, 3.05) is 40.9 Å². The molecule has 0 spiro atoms. The molecule has 9 nitrogen and oxygen atoms in total. The number of allylic oxidation sites excluding steroid dienone is 7. The molecular formula is C57H108N2O7P+. The summed E-state index contributed by atoms with van der Waals surface area (Å²) in [6.07, 6.45) is 56.7. The van der Waals surface area contributed by atoms with E-state index in [-0.39, 0.29) is 31.5 Å². The Kier molecular flexibility index (Phi) is 46.2. The minimum Gasteiger partial charge on any atom is -0.456 e. The Balaban J connectivity index is 5.34. The maximum atomic E-state index is 13.5. The molecule has 3 unspecified atom stereocenters. The SMILES string of the molecule is CC/C=C/C=C/C=C/CCCCCCCCCC(=O)OC(/C=C/CCCCCCCCCCC)C(COP(=O)(O)OCC[N+](C)(C)C)NC(=O)CCCCCCCCCCCCCCCCC. The molecule has 0 aromatic rings. The predicted molar refractivity (Wildman–Crippen MR) is 286 cm³/mol. The molecule has 0 fully saturated rings. The van der Waals surface area contributed by atoms with Crippen LogP contribution in [0.5, 0.6) is 0 Å². The lowest BCUT2D eigenvalue weighted by molar-refractivity contribution is -0.870. The first-order valence-electron chi connectivity index (χ1n) is 28.0. The number of carbonyl (C=O) groups is 2. The van der Waals surface area contributed by atoms with Crippen molar-refractivity contribution in [3.05, 3.63) is 48.6 Å². The van der Waals surface area contributed by atoms with Gasteiger partial charge in [0, 0.05) is 12.8 Å². The van der Waals surface area contributed by atoms with Crippen molar-refractivity contribution in [2.24, 2.45) is 0 Å². The molecule has 3 atom stereocenters. The Labute approximate surface area is 414 Å². The number of nitrogens with zero attached hydrogens (tertiary/aromatic N) is 1. The Bertz CT molecular complexity index is 1290. The van der Waals surface area contributed by atoms with E-state index in [9.17, 15) is 19.0 Å². The maximum absolute atomic E-state index is 13.5. The highest BCUT2D eigenvalue weighted by Gasteiger charge is 2.30. The number of hydrogen-bond donors (Lipinski definition) is 2. The van der Waals surface area contributed by atoms with Crippen molar-refractivity contribution in [1.29, 1.82) is 0 Å². The lowest BCUT2D eigenvalue weighted by atomic mass is 10.0. The van der Waals surface area contributed by atoms with Crippen LogP contribution in [0.2, 0.25) is 0 Å². The van der Waals surface area contributed by atoms with Gasteiger partial charge in [0.05, 0.1) is 33.8 Å². The van der Waals surface area contributed by atoms with Gasteiger partial charge in [0.2, 0.25) is 5.91 Å². The van der Waals surface area contributed by atoms with E-state index in [1.165, 1.54) is 141 Å². The molecule has 0 rings (SSSR count). The molecule has 1 amide bonds. The maximum Gasteiger partial charge on any atom is 0.472 e. The molecule has 0 aliphatic heterocycles. The molecule has 10 heteroatoms. The molecule has 67 heavy (non-hydrogen) atoms. The number of quaternary nitrogens is 1. The van der Waals surface area contributed by atoms with Crippen molar-refractivity contribution in [1.82, 2.24) is 5.32 Å². The number of nitrogens with one attached hydrogen (secondary N) is 1. The van der Waals surface area contributed by atoms with Gasteiger partial charge in [-0.15, -0.1) is 0 Å². The zero-order valence-electron chi connectivity index (χ0n) is 44.6. The summed E-state index contributed by atoms with van der Waals surface area (Å²) in [6.45, 7) is 6.88. The van der Waals surface area contributed by atoms with Crippen LogP contribution in [0.15, 0.2) is 48.6 Å². The number of esters is 1. The Hall–Kier alpha value is -2.03. The number of phosphoric ester groups is 1. The largest absolute Gasteiger partial charge is 0.472 e. The van der Waals surface area contributed by atoms with Gasteiger partial charge in [0.1, 0.15) is 19.3 Å². The van der Waals surface area contributed by atoms with Crippen LogP contribution in [-0.4, -0.2) is 74.3 Å². The molecule has 0 radical (unpaired) electrons. The number of rotatable bonds is 50. The number of amides is 1. The summed E-state index contributed by atoms with van der Waals surface area (Å²) < 4.78 is 30.6.